The van der Waals surface area contributed by atoms with Crippen LogP contribution in [0, 0.1) is 10.1 Å². The fourth-order valence-corrected chi connectivity index (χ4v) is 4.13. The topological polar surface area (TPSA) is 115 Å². The second-order valence-electron chi connectivity index (χ2n) is 6.44. The van der Waals surface area contributed by atoms with E-state index in [1.54, 1.807) is 35.9 Å². The van der Waals surface area contributed by atoms with Crippen molar-refractivity contribution in [2.24, 2.45) is 12.0 Å². The van der Waals surface area contributed by atoms with E-state index in [1.807, 2.05) is 0 Å². The molecule has 1 aliphatic heterocycles. The van der Waals surface area contributed by atoms with Crippen LogP contribution in [0.2, 0.25) is 0 Å². The fraction of sp³-hybridized carbons (Fsp3) is 0.158. The average molecular weight is 410 g/mol. The number of nitro groups is 1. The number of benzene rings is 2. The third kappa shape index (κ3) is 3.34. The molecule has 0 atom stereocenters. The zero-order valence-corrected chi connectivity index (χ0v) is 16.0. The number of aromatic nitrogens is 1. The fourth-order valence-electron chi connectivity index (χ4n) is 3.13. The summed E-state index contributed by atoms with van der Waals surface area (Å²) in [6, 6.07) is 10.6. The molecular formula is C19H14N4O5S. The van der Waals surface area contributed by atoms with Crippen molar-refractivity contribution in [1.82, 2.24) is 4.57 Å². The van der Waals surface area contributed by atoms with Crippen molar-refractivity contribution in [2.75, 3.05) is 4.90 Å². The van der Waals surface area contributed by atoms with E-state index in [4.69, 9.17) is 0 Å². The van der Waals surface area contributed by atoms with Gasteiger partial charge >= 0.3 is 0 Å². The Balaban J connectivity index is 1.72. The van der Waals surface area contributed by atoms with Crippen molar-refractivity contribution in [3.63, 3.8) is 0 Å². The van der Waals surface area contributed by atoms with Gasteiger partial charge in [0, 0.05) is 37.6 Å². The molecule has 0 bridgehead atoms. The van der Waals surface area contributed by atoms with Gasteiger partial charge in [0.1, 0.15) is 0 Å². The highest BCUT2D eigenvalue weighted by molar-refractivity contribution is 7.16. The highest BCUT2D eigenvalue weighted by Crippen LogP contribution is 2.24. The van der Waals surface area contributed by atoms with E-state index in [9.17, 15) is 24.5 Å². The lowest BCUT2D eigenvalue weighted by atomic mass is 10.2. The Kier molecular flexibility index (Phi) is 4.55. The molecule has 0 unspecified atom stereocenters. The van der Waals surface area contributed by atoms with Crippen molar-refractivity contribution in [3.05, 3.63) is 62.9 Å². The first-order valence-electron chi connectivity index (χ1n) is 8.64. The molecule has 1 aromatic heterocycles. The van der Waals surface area contributed by atoms with E-state index in [2.05, 4.69) is 4.99 Å². The van der Waals surface area contributed by atoms with E-state index in [0.29, 0.717) is 16.0 Å². The first kappa shape index (κ1) is 18.7. The molecule has 0 aliphatic carbocycles. The van der Waals surface area contributed by atoms with Gasteiger partial charge in [-0.25, -0.2) is 0 Å². The van der Waals surface area contributed by atoms with Crippen LogP contribution in [-0.4, -0.2) is 27.2 Å². The van der Waals surface area contributed by atoms with Gasteiger partial charge in [0.2, 0.25) is 11.8 Å². The Morgan fingerprint density at radius 3 is 2.55 bits per heavy atom. The molecular weight excluding hydrogens is 396 g/mol. The summed E-state index contributed by atoms with van der Waals surface area (Å²) in [6.45, 7) is 0. The Hall–Kier alpha value is -3.66. The first-order valence-corrected chi connectivity index (χ1v) is 9.45. The summed E-state index contributed by atoms with van der Waals surface area (Å²) in [4.78, 5) is 52.6. The minimum atomic E-state index is -0.539. The third-order valence-corrected chi connectivity index (χ3v) is 5.72. The van der Waals surface area contributed by atoms with Gasteiger partial charge in [-0.15, -0.1) is 0 Å². The van der Waals surface area contributed by atoms with E-state index in [-0.39, 0.29) is 35.9 Å². The first-order chi connectivity index (χ1) is 13.8. The lowest BCUT2D eigenvalue weighted by Gasteiger charge is -2.14. The number of nitro benzene ring substituents is 1. The van der Waals surface area contributed by atoms with Gasteiger partial charge in [-0.1, -0.05) is 17.4 Å². The second kappa shape index (κ2) is 7.06. The number of amides is 3. The molecule has 4 rings (SSSR count). The standard InChI is InChI=1S/C19H14N4O5S/c1-21-14-10-13(23(27)28)5-6-15(14)29-19(21)20-18(26)11-3-2-4-12(9-11)22-16(24)7-8-17(22)25/h2-6,9-10H,7-8H2,1H3. The molecule has 9 nitrogen and oxygen atoms in total. The van der Waals surface area contributed by atoms with Crippen LogP contribution in [0.25, 0.3) is 10.2 Å². The normalized spacial score (nSPS) is 14.8. The number of hydrogen-bond acceptors (Lipinski definition) is 6. The molecule has 1 aliphatic rings. The molecule has 3 aromatic rings. The number of rotatable bonds is 3. The second-order valence-corrected chi connectivity index (χ2v) is 7.45. The van der Waals surface area contributed by atoms with Crippen LogP contribution < -0.4 is 9.70 Å². The monoisotopic (exact) mass is 410 g/mol. The molecule has 3 amide bonds. The van der Waals surface area contributed by atoms with E-state index >= 15 is 0 Å². The number of carbonyl (C=O) groups excluding carboxylic acids is 3. The Bertz CT molecular complexity index is 1260. The highest BCUT2D eigenvalue weighted by Gasteiger charge is 2.30. The Morgan fingerprint density at radius 2 is 1.86 bits per heavy atom. The molecule has 2 aromatic carbocycles. The molecule has 1 fully saturated rings. The molecule has 29 heavy (non-hydrogen) atoms. The number of hydrogen-bond donors (Lipinski definition) is 0. The number of fused-ring (bicyclic) bond motifs is 1. The van der Waals surface area contributed by atoms with Crippen LogP contribution in [-0.2, 0) is 16.6 Å². The van der Waals surface area contributed by atoms with E-state index in [1.165, 1.54) is 29.5 Å². The van der Waals surface area contributed by atoms with Crippen LogP contribution in [0.4, 0.5) is 11.4 Å². The van der Waals surface area contributed by atoms with Crippen LogP contribution in [0.15, 0.2) is 47.5 Å². The summed E-state index contributed by atoms with van der Waals surface area (Å²) in [5, 5.41) is 11.0. The number of thiazole rings is 1. The zero-order valence-electron chi connectivity index (χ0n) is 15.2. The number of carbonyl (C=O) groups is 3. The van der Waals surface area contributed by atoms with Gasteiger partial charge in [0.15, 0.2) is 4.80 Å². The van der Waals surface area contributed by atoms with Gasteiger partial charge in [-0.2, -0.15) is 4.99 Å². The lowest BCUT2D eigenvalue weighted by molar-refractivity contribution is -0.384. The van der Waals surface area contributed by atoms with Crippen molar-refractivity contribution >= 4 is 50.6 Å². The maximum absolute atomic E-state index is 12.7. The SMILES string of the molecule is Cn1c(=NC(=O)c2cccc(N3C(=O)CCC3=O)c2)sc2ccc([N+](=O)[O-])cc21. The van der Waals surface area contributed by atoms with Crippen molar-refractivity contribution in [2.45, 2.75) is 12.8 Å². The molecule has 2 heterocycles. The third-order valence-electron chi connectivity index (χ3n) is 4.60. The summed E-state index contributed by atoms with van der Waals surface area (Å²) < 4.78 is 2.37. The highest BCUT2D eigenvalue weighted by atomic mass is 32.1. The minimum absolute atomic E-state index is 0.0450. The Morgan fingerprint density at radius 1 is 1.14 bits per heavy atom. The predicted octanol–water partition coefficient (Wildman–Crippen LogP) is 2.54. The molecule has 10 heteroatoms. The smallest absolute Gasteiger partial charge is 0.279 e. The summed E-state index contributed by atoms with van der Waals surface area (Å²) >= 11 is 1.23. The van der Waals surface area contributed by atoms with Gasteiger partial charge in [-0.05, 0) is 24.3 Å². The molecule has 0 N–H and O–H groups in total. The number of nitrogens with zero attached hydrogens (tertiary/aromatic N) is 4. The average Bonchev–Trinajstić information content (AvgIpc) is 3.20. The van der Waals surface area contributed by atoms with Crippen LogP contribution in [0.5, 0.6) is 0 Å². The summed E-state index contributed by atoms with van der Waals surface area (Å²) in [7, 11) is 1.67. The van der Waals surface area contributed by atoms with E-state index in [0.717, 1.165) is 9.60 Å². The number of anilines is 1. The quantitative estimate of drug-likeness (QED) is 0.374. The molecule has 0 radical (unpaired) electrons. The van der Waals surface area contributed by atoms with Gasteiger partial charge < -0.3 is 4.57 Å². The maximum Gasteiger partial charge on any atom is 0.279 e. The molecule has 0 saturated carbocycles. The van der Waals surface area contributed by atoms with Crippen LogP contribution in [0.3, 0.4) is 0 Å². The van der Waals surface area contributed by atoms with Gasteiger partial charge in [-0.3, -0.25) is 29.4 Å². The van der Waals surface area contributed by atoms with Crippen molar-refractivity contribution < 1.29 is 19.3 Å². The number of aryl methyl sites for hydroxylation is 1. The molecule has 1 saturated heterocycles. The van der Waals surface area contributed by atoms with Crippen LogP contribution >= 0.6 is 11.3 Å². The van der Waals surface area contributed by atoms with Crippen molar-refractivity contribution in [1.29, 1.82) is 0 Å². The maximum atomic E-state index is 12.7. The van der Waals surface area contributed by atoms with Crippen LogP contribution in [0.1, 0.15) is 23.2 Å². The lowest BCUT2D eigenvalue weighted by Crippen LogP contribution is -2.28. The predicted molar refractivity (Wildman–Crippen MR) is 106 cm³/mol. The van der Waals surface area contributed by atoms with Gasteiger partial charge in [0.25, 0.3) is 11.6 Å². The van der Waals surface area contributed by atoms with E-state index < -0.39 is 10.8 Å². The zero-order chi connectivity index (χ0) is 20.7. The van der Waals surface area contributed by atoms with Crippen molar-refractivity contribution in [3.8, 4) is 0 Å². The minimum Gasteiger partial charge on any atom is -0.319 e. The number of non-ortho nitro benzene ring substituents is 1. The summed E-state index contributed by atoms with van der Waals surface area (Å²) in [5.41, 5.74) is 1.13. The Labute approximate surface area is 167 Å². The summed E-state index contributed by atoms with van der Waals surface area (Å²) in [6.07, 6.45) is 0.316. The number of imide groups is 1. The summed E-state index contributed by atoms with van der Waals surface area (Å²) in [5.74, 6) is -1.13. The van der Waals surface area contributed by atoms with Gasteiger partial charge in [0.05, 0.1) is 20.8 Å². The molecule has 146 valence electrons. The molecule has 0 spiro atoms. The largest absolute Gasteiger partial charge is 0.319 e.